The number of aryl methyl sites for hydroxylation is 1. The lowest BCUT2D eigenvalue weighted by Gasteiger charge is -2.34. The minimum atomic E-state index is -0.766. The summed E-state index contributed by atoms with van der Waals surface area (Å²) in [6, 6.07) is 8.13. The second kappa shape index (κ2) is 8.00. The van der Waals surface area contributed by atoms with E-state index in [-0.39, 0.29) is 29.8 Å². The summed E-state index contributed by atoms with van der Waals surface area (Å²) in [5, 5.41) is 12.4. The number of aliphatic carboxylic acids is 1. The van der Waals surface area contributed by atoms with Crippen molar-refractivity contribution in [3.8, 4) is 0 Å². The molecule has 1 amide bonds. The van der Waals surface area contributed by atoms with E-state index in [9.17, 15) is 14.7 Å². The van der Waals surface area contributed by atoms with Gasteiger partial charge in [0.25, 0.3) is 0 Å². The van der Waals surface area contributed by atoms with E-state index in [1.807, 2.05) is 30.0 Å². The number of carboxylic acid groups (broad SMARTS) is 1. The summed E-state index contributed by atoms with van der Waals surface area (Å²) < 4.78 is 0. The highest BCUT2D eigenvalue weighted by molar-refractivity contribution is 5.79. The molecule has 1 saturated heterocycles. The first kappa shape index (κ1) is 19.4. The van der Waals surface area contributed by atoms with E-state index >= 15 is 0 Å². The lowest BCUT2D eigenvalue weighted by atomic mass is 9.82. The molecule has 2 unspecified atom stereocenters. The van der Waals surface area contributed by atoms with Crippen LogP contribution in [0.15, 0.2) is 24.3 Å². The maximum absolute atomic E-state index is 12.6. The van der Waals surface area contributed by atoms with Crippen molar-refractivity contribution in [3.05, 3.63) is 35.4 Å². The fourth-order valence-corrected chi connectivity index (χ4v) is 3.46. The lowest BCUT2D eigenvalue weighted by molar-refractivity contribution is -0.144. The van der Waals surface area contributed by atoms with E-state index in [0.29, 0.717) is 13.0 Å². The van der Waals surface area contributed by atoms with Gasteiger partial charge in [-0.25, -0.2) is 0 Å². The molecule has 0 saturated carbocycles. The van der Waals surface area contributed by atoms with Crippen LogP contribution >= 0.6 is 0 Å². The first-order chi connectivity index (χ1) is 11.7. The first-order valence-corrected chi connectivity index (χ1v) is 8.98. The summed E-state index contributed by atoms with van der Waals surface area (Å²) in [6.07, 6.45) is 1.52. The molecule has 0 aliphatic carbocycles. The number of nitrogens with one attached hydrogen (secondary N) is 1. The van der Waals surface area contributed by atoms with E-state index in [4.69, 9.17) is 0 Å². The molecule has 1 aromatic rings. The minimum Gasteiger partial charge on any atom is -0.481 e. The monoisotopic (exact) mass is 346 g/mol. The van der Waals surface area contributed by atoms with E-state index in [1.165, 1.54) is 5.56 Å². The van der Waals surface area contributed by atoms with Crippen LogP contribution in [0.3, 0.4) is 0 Å². The molecule has 1 fully saturated rings. The van der Waals surface area contributed by atoms with E-state index in [1.54, 1.807) is 0 Å². The van der Waals surface area contributed by atoms with Gasteiger partial charge in [0.15, 0.2) is 0 Å². The third kappa shape index (κ3) is 5.56. The summed E-state index contributed by atoms with van der Waals surface area (Å²) in [5.41, 5.74) is 2.15. The van der Waals surface area contributed by atoms with Crippen molar-refractivity contribution >= 4 is 11.9 Å². The Kier molecular flexibility index (Phi) is 6.22. The molecule has 25 heavy (non-hydrogen) atoms. The predicted octanol–water partition coefficient (Wildman–Crippen LogP) is 3.00. The number of nitrogens with zero attached hydrogens (tertiary/aromatic N) is 1. The predicted molar refractivity (Wildman–Crippen MR) is 98.3 cm³/mol. The molecule has 1 aliphatic rings. The van der Waals surface area contributed by atoms with Crippen LogP contribution in [0.2, 0.25) is 0 Å². The van der Waals surface area contributed by atoms with Crippen molar-refractivity contribution in [2.45, 2.75) is 46.6 Å². The van der Waals surface area contributed by atoms with Gasteiger partial charge in [0.2, 0.25) is 5.91 Å². The van der Waals surface area contributed by atoms with Gasteiger partial charge >= 0.3 is 5.97 Å². The Bertz CT molecular complexity index is 622. The van der Waals surface area contributed by atoms with Gasteiger partial charge in [0.1, 0.15) is 0 Å². The van der Waals surface area contributed by atoms with Gasteiger partial charge in [0.05, 0.1) is 18.5 Å². The van der Waals surface area contributed by atoms with Crippen molar-refractivity contribution in [3.63, 3.8) is 0 Å². The fraction of sp³-hybridized carbons (Fsp3) is 0.600. The molecule has 0 bridgehead atoms. The van der Waals surface area contributed by atoms with Crippen LogP contribution < -0.4 is 5.32 Å². The number of carbonyl (C=O) groups excluding carboxylic acids is 1. The highest BCUT2D eigenvalue weighted by Gasteiger charge is 2.30. The molecule has 2 rings (SSSR count). The zero-order chi connectivity index (χ0) is 18.6. The average Bonchev–Trinajstić information content (AvgIpc) is 2.51. The van der Waals surface area contributed by atoms with Gasteiger partial charge in [0, 0.05) is 6.54 Å². The molecular weight excluding hydrogens is 316 g/mol. The number of carbonyl (C=O) groups is 2. The zero-order valence-corrected chi connectivity index (χ0v) is 15.7. The van der Waals surface area contributed by atoms with Crippen molar-refractivity contribution in [1.82, 2.24) is 10.2 Å². The number of amides is 1. The Morgan fingerprint density at radius 3 is 2.68 bits per heavy atom. The molecule has 138 valence electrons. The maximum atomic E-state index is 12.6. The normalized spacial score (nSPS) is 20.1. The summed E-state index contributed by atoms with van der Waals surface area (Å²) in [7, 11) is 0. The Morgan fingerprint density at radius 1 is 1.36 bits per heavy atom. The third-order valence-electron chi connectivity index (χ3n) is 4.77. The van der Waals surface area contributed by atoms with Crippen LogP contribution in [0.5, 0.6) is 0 Å². The number of benzene rings is 1. The fourth-order valence-electron chi connectivity index (χ4n) is 3.46. The van der Waals surface area contributed by atoms with Crippen molar-refractivity contribution in [2.24, 2.45) is 11.3 Å². The third-order valence-corrected chi connectivity index (χ3v) is 4.77. The second-order valence-corrected chi connectivity index (χ2v) is 8.19. The second-order valence-electron chi connectivity index (χ2n) is 8.19. The minimum absolute atomic E-state index is 0.0486. The van der Waals surface area contributed by atoms with Gasteiger partial charge in [-0.2, -0.15) is 0 Å². The summed E-state index contributed by atoms with van der Waals surface area (Å²) in [4.78, 5) is 25.7. The SMILES string of the molecule is Cc1cccc(C(NC(=O)CN2CCCC(C(=O)O)C2)C(C)(C)C)c1. The number of likely N-dealkylation sites (tertiary alicyclic amines) is 1. The number of hydrogen-bond acceptors (Lipinski definition) is 3. The molecule has 2 atom stereocenters. The van der Waals surface area contributed by atoms with Crippen molar-refractivity contribution in [1.29, 1.82) is 0 Å². The van der Waals surface area contributed by atoms with E-state index in [2.05, 4.69) is 32.2 Å². The quantitative estimate of drug-likeness (QED) is 0.860. The maximum Gasteiger partial charge on any atom is 0.307 e. The van der Waals surface area contributed by atoms with E-state index in [0.717, 1.165) is 18.5 Å². The molecule has 5 heteroatoms. The van der Waals surface area contributed by atoms with Crippen LogP contribution in [0.1, 0.15) is 50.8 Å². The van der Waals surface area contributed by atoms with Gasteiger partial charge in [-0.1, -0.05) is 50.6 Å². The van der Waals surface area contributed by atoms with E-state index < -0.39 is 5.97 Å². The number of hydrogen-bond donors (Lipinski definition) is 2. The highest BCUT2D eigenvalue weighted by atomic mass is 16.4. The Morgan fingerprint density at radius 2 is 2.08 bits per heavy atom. The molecule has 1 heterocycles. The topological polar surface area (TPSA) is 69.6 Å². The van der Waals surface area contributed by atoms with Crippen LogP contribution in [-0.4, -0.2) is 41.5 Å². The molecule has 0 spiro atoms. The molecule has 5 nitrogen and oxygen atoms in total. The molecule has 1 aliphatic heterocycles. The molecular formula is C20H30N2O3. The standard InChI is InChI=1S/C20H30N2O3/c1-14-7-5-8-15(11-14)18(20(2,3)4)21-17(23)13-22-10-6-9-16(12-22)19(24)25/h5,7-8,11,16,18H,6,9-10,12-13H2,1-4H3,(H,21,23)(H,24,25). The van der Waals surface area contributed by atoms with Gasteiger partial charge in [-0.05, 0) is 37.3 Å². The first-order valence-electron chi connectivity index (χ1n) is 8.98. The molecule has 2 N–H and O–H groups in total. The number of carboxylic acids is 1. The molecule has 1 aromatic carbocycles. The largest absolute Gasteiger partial charge is 0.481 e. The highest BCUT2D eigenvalue weighted by Crippen LogP contribution is 2.33. The Balaban J connectivity index is 2.04. The number of piperidine rings is 1. The average molecular weight is 346 g/mol. The molecule has 0 aromatic heterocycles. The molecule has 0 radical (unpaired) electrons. The van der Waals surface area contributed by atoms with Gasteiger partial charge in [-0.15, -0.1) is 0 Å². The number of rotatable bonds is 5. The van der Waals surface area contributed by atoms with Crippen LogP contribution in [0.4, 0.5) is 0 Å². The summed E-state index contributed by atoms with van der Waals surface area (Å²) in [6.45, 7) is 9.87. The van der Waals surface area contributed by atoms with Crippen LogP contribution in [0, 0.1) is 18.3 Å². The van der Waals surface area contributed by atoms with Crippen molar-refractivity contribution < 1.29 is 14.7 Å². The van der Waals surface area contributed by atoms with Crippen molar-refractivity contribution in [2.75, 3.05) is 19.6 Å². The Labute approximate surface area is 150 Å². The van der Waals surface area contributed by atoms with Gasteiger partial charge in [-0.3, -0.25) is 14.5 Å². The van der Waals surface area contributed by atoms with Crippen LogP contribution in [0.25, 0.3) is 0 Å². The van der Waals surface area contributed by atoms with Crippen LogP contribution in [-0.2, 0) is 9.59 Å². The van der Waals surface area contributed by atoms with Gasteiger partial charge < -0.3 is 10.4 Å². The zero-order valence-electron chi connectivity index (χ0n) is 15.7. The summed E-state index contributed by atoms with van der Waals surface area (Å²) in [5.74, 6) is -1.18. The smallest absolute Gasteiger partial charge is 0.307 e. The Hall–Kier alpha value is -1.88. The summed E-state index contributed by atoms with van der Waals surface area (Å²) >= 11 is 0. The lowest BCUT2D eigenvalue weighted by Crippen LogP contribution is -2.46.